The summed E-state index contributed by atoms with van der Waals surface area (Å²) in [5.41, 5.74) is 0. The van der Waals surface area contributed by atoms with Crippen LogP contribution in [0.25, 0.3) is 0 Å². The van der Waals surface area contributed by atoms with E-state index in [4.69, 9.17) is 13.8 Å². The quantitative estimate of drug-likeness (QED) is 0.0205. The lowest BCUT2D eigenvalue weighted by atomic mass is 10.0. The van der Waals surface area contributed by atoms with E-state index in [0.717, 1.165) is 128 Å². The molecule has 3 unspecified atom stereocenters. The van der Waals surface area contributed by atoms with Crippen LogP contribution in [0.3, 0.4) is 0 Å². The molecule has 0 radical (unpaired) electrons. The monoisotopic (exact) mass is 1190 g/mol. The molecule has 0 aromatic rings. The Balaban J connectivity index is 5.10. The number of nitrogens with one attached hydrogen (secondary N) is 1. The SMILES string of the molecule is CC/C=C\C/C=C\C/C=C\C/C=C\C/C=C\CCCCCCCCCCCCCC(=O)NC(COP(=O)(O)OCC[N+](C)(C)C)C(/C=C\CCCCCCCCCCCC)OC(=O)CCCCCCCC/C=C\C/C=C\C/C=C\CCCCC. The Labute approximate surface area is 519 Å². The minimum absolute atomic E-state index is 0.0328. The number of phosphoric acid groups is 1. The highest BCUT2D eigenvalue weighted by Gasteiger charge is 2.30. The topological polar surface area (TPSA) is 111 Å². The highest BCUT2D eigenvalue weighted by Crippen LogP contribution is 2.43. The van der Waals surface area contributed by atoms with E-state index in [2.05, 4.69) is 123 Å². The van der Waals surface area contributed by atoms with E-state index in [9.17, 15) is 19.0 Å². The number of phosphoric ester groups is 1. The van der Waals surface area contributed by atoms with Crippen LogP contribution in [0.2, 0.25) is 0 Å². The van der Waals surface area contributed by atoms with Crippen molar-refractivity contribution in [1.82, 2.24) is 5.32 Å². The fourth-order valence-corrected chi connectivity index (χ4v) is 10.4. The molecule has 0 aliphatic heterocycles. The average molecular weight is 1190 g/mol. The van der Waals surface area contributed by atoms with Gasteiger partial charge in [-0.05, 0) is 115 Å². The molecule has 84 heavy (non-hydrogen) atoms. The summed E-state index contributed by atoms with van der Waals surface area (Å²) >= 11 is 0. The summed E-state index contributed by atoms with van der Waals surface area (Å²) in [5.74, 6) is -0.523. The van der Waals surface area contributed by atoms with Crippen LogP contribution in [0.15, 0.2) is 109 Å². The molecule has 0 saturated carbocycles. The van der Waals surface area contributed by atoms with Crippen molar-refractivity contribution in [3.63, 3.8) is 0 Å². The van der Waals surface area contributed by atoms with Gasteiger partial charge in [-0.2, -0.15) is 0 Å². The Bertz CT molecular complexity index is 1810. The predicted molar refractivity (Wildman–Crippen MR) is 364 cm³/mol. The van der Waals surface area contributed by atoms with Crippen molar-refractivity contribution < 1.29 is 37.3 Å². The summed E-state index contributed by atoms with van der Waals surface area (Å²) in [6.07, 6.45) is 86.6. The van der Waals surface area contributed by atoms with E-state index >= 15 is 0 Å². The number of carbonyl (C=O) groups excluding carboxylic acids is 2. The molecule has 0 fully saturated rings. The van der Waals surface area contributed by atoms with Crippen LogP contribution >= 0.6 is 7.82 Å². The van der Waals surface area contributed by atoms with E-state index in [1.165, 1.54) is 135 Å². The molecule has 0 aliphatic rings. The number of ether oxygens (including phenoxy) is 1. The molecule has 0 spiro atoms. The molecule has 484 valence electrons. The number of amides is 1. The standard InChI is InChI=1S/C74H131N2O7P/c1-7-10-13-16-19-22-25-28-30-32-34-35-36-37-38-39-40-41-43-44-46-48-51-54-57-60-63-66-73(77)75-71(70-82-84(79,80)81-69-68-76(4,5)6)72(65-62-59-56-53-50-27-24-21-18-15-12-9-3)83-74(78)67-64-61-58-55-52-49-47-45-42-33-31-29-26-23-20-17-14-11-8-2/h10,13,19-20,22-23,28-31,34-35,37-38,42,45,62,65,71-72H,7-9,11-12,14-18,21,24-27,32-33,36,39-41,43-44,46-61,63-64,66-70H2,1-6H3,(H-,75,77,79,80)/p+1/b13-10-,22-19-,23-20-,30-28-,31-29-,35-34-,38-37-,45-42-,65-62-. The summed E-state index contributed by atoms with van der Waals surface area (Å²) < 4.78 is 30.8. The van der Waals surface area contributed by atoms with Crippen molar-refractivity contribution in [2.45, 2.75) is 309 Å². The molecule has 1 amide bonds. The highest BCUT2D eigenvalue weighted by molar-refractivity contribution is 7.47. The maximum absolute atomic E-state index is 13.6. The van der Waals surface area contributed by atoms with Crippen molar-refractivity contribution in [2.75, 3.05) is 40.9 Å². The molecule has 0 aromatic heterocycles. The lowest BCUT2D eigenvalue weighted by molar-refractivity contribution is -0.870. The molecule has 0 saturated heterocycles. The normalized spacial score (nSPS) is 14.2. The van der Waals surface area contributed by atoms with E-state index in [-0.39, 0.29) is 31.5 Å². The van der Waals surface area contributed by atoms with Crippen LogP contribution < -0.4 is 5.32 Å². The van der Waals surface area contributed by atoms with E-state index in [0.29, 0.717) is 17.4 Å². The number of nitrogens with zero attached hydrogens (tertiary/aromatic N) is 1. The molecule has 3 atom stereocenters. The van der Waals surface area contributed by atoms with Crippen LogP contribution in [0.4, 0.5) is 0 Å². The Morgan fingerprint density at radius 2 is 0.762 bits per heavy atom. The van der Waals surface area contributed by atoms with Crippen LogP contribution in [-0.4, -0.2) is 74.3 Å². The van der Waals surface area contributed by atoms with Gasteiger partial charge in [-0.15, -0.1) is 0 Å². The van der Waals surface area contributed by atoms with Crippen LogP contribution in [0, 0.1) is 0 Å². The second kappa shape index (κ2) is 62.7. The molecule has 2 N–H and O–H groups in total. The molecular weight excluding hydrogens is 1060 g/mol. The van der Waals surface area contributed by atoms with Crippen molar-refractivity contribution in [1.29, 1.82) is 0 Å². The van der Waals surface area contributed by atoms with Crippen LogP contribution in [0.1, 0.15) is 297 Å². The van der Waals surface area contributed by atoms with Crippen molar-refractivity contribution in [2.24, 2.45) is 0 Å². The van der Waals surface area contributed by atoms with Gasteiger partial charge in [-0.25, -0.2) is 4.57 Å². The molecule has 10 heteroatoms. The smallest absolute Gasteiger partial charge is 0.456 e. The molecule has 0 aromatic carbocycles. The number of hydrogen-bond donors (Lipinski definition) is 2. The van der Waals surface area contributed by atoms with Crippen LogP contribution in [-0.2, 0) is 27.9 Å². The minimum atomic E-state index is -4.46. The summed E-state index contributed by atoms with van der Waals surface area (Å²) in [7, 11) is 1.48. The Kier molecular flexibility index (Phi) is 60.2. The number of rotatable bonds is 62. The van der Waals surface area contributed by atoms with Gasteiger partial charge in [-0.1, -0.05) is 278 Å². The van der Waals surface area contributed by atoms with Gasteiger partial charge < -0.3 is 19.4 Å². The number of hydrogen-bond acceptors (Lipinski definition) is 6. The zero-order chi connectivity index (χ0) is 61.4. The predicted octanol–water partition coefficient (Wildman–Crippen LogP) is 22.1. The lowest BCUT2D eigenvalue weighted by Crippen LogP contribution is -2.47. The fraction of sp³-hybridized carbons (Fsp3) is 0.730. The summed E-state index contributed by atoms with van der Waals surface area (Å²) in [6, 6.07) is -0.863. The third-order valence-electron chi connectivity index (χ3n) is 14.9. The van der Waals surface area contributed by atoms with Gasteiger partial charge in [0, 0.05) is 12.8 Å². The van der Waals surface area contributed by atoms with Gasteiger partial charge in [0.2, 0.25) is 5.91 Å². The average Bonchev–Trinajstić information content (AvgIpc) is 3.64. The van der Waals surface area contributed by atoms with Crippen molar-refractivity contribution in [3.8, 4) is 0 Å². The number of carbonyl (C=O) groups is 2. The van der Waals surface area contributed by atoms with Crippen LogP contribution in [0.5, 0.6) is 0 Å². The summed E-state index contributed by atoms with van der Waals surface area (Å²) in [5, 5.41) is 3.06. The maximum atomic E-state index is 13.6. The zero-order valence-electron chi connectivity index (χ0n) is 55.4. The molecular formula is C74H132N2O7P+. The summed E-state index contributed by atoms with van der Waals surface area (Å²) in [6.45, 7) is 6.87. The first-order valence-electron chi connectivity index (χ1n) is 34.7. The second-order valence-electron chi connectivity index (χ2n) is 24.3. The lowest BCUT2D eigenvalue weighted by Gasteiger charge is -2.27. The molecule has 9 nitrogen and oxygen atoms in total. The van der Waals surface area contributed by atoms with Gasteiger partial charge in [0.1, 0.15) is 19.3 Å². The number of quaternary nitrogens is 1. The number of allylic oxidation sites excluding steroid dienone is 17. The fourth-order valence-electron chi connectivity index (χ4n) is 9.62. The second-order valence-corrected chi connectivity index (χ2v) is 25.8. The first-order chi connectivity index (χ1) is 40.9. The molecule has 0 heterocycles. The number of likely N-dealkylation sites (N-methyl/N-ethyl adjacent to an activating group) is 1. The van der Waals surface area contributed by atoms with E-state index < -0.39 is 20.0 Å². The third-order valence-corrected chi connectivity index (χ3v) is 15.9. The number of unbranched alkanes of at least 4 members (excludes halogenated alkanes) is 30. The Hall–Kier alpha value is -3.33. The molecule has 0 rings (SSSR count). The van der Waals surface area contributed by atoms with E-state index in [1.807, 2.05) is 33.3 Å². The number of esters is 1. The Morgan fingerprint density at radius 1 is 0.429 bits per heavy atom. The Morgan fingerprint density at radius 3 is 1.17 bits per heavy atom. The molecule has 0 bridgehead atoms. The van der Waals surface area contributed by atoms with Crippen molar-refractivity contribution >= 4 is 19.7 Å². The maximum Gasteiger partial charge on any atom is 0.472 e. The third kappa shape index (κ3) is 63.2. The van der Waals surface area contributed by atoms with Crippen molar-refractivity contribution in [3.05, 3.63) is 109 Å². The summed E-state index contributed by atoms with van der Waals surface area (Å²) in [4.78, 5) is 37.9. The van der Waals surface area contributed by atoms with Gasteiger partial charge in [0.05, 0.1) is 33.8 Å². The van der Waals surface area contributed by atoms with Gasteiger partial charge in [0.15, 0.2) is 0 Å². The largest absolute Gasteiger partial charge is 0.472 e. The van der Waals surface area contributed by atoms with Gasteiger partial charge in [0.25, 0.3) is 0 Å². The van der Waals surface area contributed by atoms with E-state index in [1.54, 1.807) is 0 Å². The minimum Gasteiger partial charge on any atom is -0.456 e. The zero-order valence-corrected chi connectivity index (χ0v) is 56.3. The highest BCUT2D eigenvalue weighted by atomic mass is 31.2. The van der Waals surface area contributed by atoms with Gasteiger partial charge in [-0.3, -0.25) is 18.6 Å². The first kappa shape index (κ1) is 80.7. The molecule has 0 aliphatic carbocycles. The first-order valence-corrected chi connectivity index (χ1v) is 36.2. The van der Waals surface area contributed by atoms with Gasteiger partial charge >= 0.3 is 13.8 Å².